The molecule has 1 aromatic carbocycles. The number of carbonyl (C=O) groups is 1. The van der Waals surface area contributed by atoms with Crippen molar-refractivity contribution in [2.45, 2.75) is 18.8 Å². The Morgan fingerprint density at radius 1 is 1.32 bits per heavy atom. The van der Waals surface area contributed by atoms with Crippen LogP contribution in [0, 0.1) is 5.82 Å². The highest BCUT2D eigenvalue weighted by Crippen LogP contribution is 2.26. The lowest BCUT2D eigenvalue weighted by Gasteiger charge is -2.20. The van der Waals surface area contributed by atoms with E-state index in [0.29, 0.717) is 30.4 Å². The molecule has 0 radical (unpaired) electrons. The van der Waals surface area contributed by atoms with Gasteiger partial charge in [-0.25, -0.2) is 14.4 Å². The van der Waals surface area contributed by atoms with Crippen LogP contribution < -0.4 is 0 Å². The number of hydrogen-bond acceptors (Lipinski definition) is 4. The lowest BCUT2D eigenvalue weighted by Crippen LogP contribution is -2.16. The summed E-state index contributed by atoms with van der Waals surface area (Å²) in [6.07, 6.45) is 3.75. The molecule has 0 aliphatic carbocycles. The van der Waals surface area contributed by atoms with E-state index >= 15 is 0 Å². The van der Waals surface area contributed by atoms with Crippen LogP contribution in [-0.4, -0.2) is 29.5 Å². The molecular formula is C14H13FN2O2. The summed E-state index contributed by atoms with van der Waals surface area (Å²) in [5.41, 5.74) is 0.578. The van der Waals surface area contributed by atoms with Crippen LogP contribution in [0.3, 0.4) is 0 Å². The first-order valence-corrected chi connectivity index (χ1v) is 6.27. The van der Waals surface area contributed by atoms with E-state index in [-0.39, 0.29) is 11.5 Å². The predicted octanol–water partition coefficient (Wildman–Crippen LogP) is 2.48. The van der Waals surface area contributed by atoms with Gasteiger partial charge in [-0.05, 0) is 25.0 Å². The smallest absolute Gasteiger partial charge is 0.153 e. The number of fused-ring (bicyclic) bond motifs is 1. The first kappa shape index (κ1) is 12.2. The number of rotatable bonds is 2. The van der Waals surface area contributed by atoms with Gasteiger partial charge in [-0.15, -0.1) is 0 Å². The minimum Gasteiger partial charge on any atom is -0.381 e. The first-order chi connectivity index (χ1) is 9.29. The van der Waals surface area contributed by atoms with E-state index in [0.717, 1.165) is 18.7 Å². The molecule has 5 heteroatoms. The topological polar surface area (TPSA) is 52.1 Å². The van der Waals surface area contributed by atoms with Gasteiger partial charge in [0.15, 0.2) is 6.29 Å². The Hall–Kier alpha value is -1.88. The summed E-state index contributed by atoms with van der Waals surface area (Å²) in [7, 11) is 0. The molecule has 0 N–H and O–H groups in total. The van der Waals surface area contributed by atoms with Gasteiger partial charge < -0.3 is 4.74 Å². The van der Waals surface area contributed by atoms with Gasteiger partial charge >= 0.3 is 0 Å². The molecule has 2 aromatic rings. The highest BCUT2D eigenvalue weighted by Gasteiger charge is 2.19. The zero-order valence-corrected chi connectivity index (χ0v) is 10.3. The Balaban J connectivity index is 2.04. The minimum absolute atomic E-state index is 0.0370. The standard InChI is InChI=1S/C14H13FN2O2/c15-13-10(8-18)1-2-12-11(13)7-16-14(17-12)9-3-5-19-6-4-9/h1-2,7-9H,3-6H2. The second-order valence-electron chi connectivity index (χ2n) is 4.63. The molecule has 0 atom stereocenters. The van der Waals surface area contributed by atoms with E-state index < -0.39 is 5.82 Å². The number of aromatic nitrogens is 2. The van der Waals surface area contributed by atoms with E-state index in [1.165, 1.54) is 12.3 Å². The third kappa shape index (κ3) is 2.21. The summed E-state index contributed by atoms with van der Waals surface area (Å²) in [6, 6.07) is 3.11. The van der Waals surface area contributed by atoms with Crippen molar-refractivity contribution in [1.82, 2.24) is 9.97 Å². The van der Waals surface area contributed by atoms with E-state index in [1.807, 2.05) is 0 Å². The molecule has 0 amide bonds. The highest BCUT2D eigenvalue weighted by molar-refractivity contribution is 5.87. The van der Waals surface area contributed by atoms with E-state index in [2.05, 4.69) is 9.97 Å². The van der Waals surface area contributed by atoms with Crippen molar-refractivity contribution in [2.24, 2.45) is 0 Å². The van der Waals surface area contributed by atoms with Crippen LogP contribution >= 0.6 is 0 Å². The van der Waals surface area contributed by atoms with Crippen molar-refractivity contribution in [3.8, 4) is 0 Å². The summed E-state index contributed by atoms with van der Waals surface area (Å²) < 4.78 is 19.2. The number of hydrogen-bond donors (Lipinski definition) is 0. The maximum atomic E-state index is 13.9. The molecule has 0 saturated carbocycles. The number of carbonyl (C=O) groups excluding carboxylic acids is 1. The maximum absolute atomic E-state index is 13.9. The first-order valence-electron chi connectivity index (χ1n) is 6.27. The normalized spacial score (nSPS) is 16.7. The largest absolute Gasteiger partial charge is 0.381 e. The van der Waals surface area contributed by atoms with Crippen molar-refractivity contribution in [2.75, 3.05) is 13.2 Å². The van der Waals surface area contributed by atoms with Gasteiger partial charge in [0.25, 0.3) is 0 Å². The molecule has 1 fully saturated rings. The molecule has 0 unspecified atom stereocenters. The molecule has 98 valence electrons. The van der Waals surface area contributed by atoms with Gasteiger partial charge in [0, 0.05) is 25.3 Å². The average molecular weight is 260 g/mol. The van der Waals surface area contributed by atoms with Gasteiger partial charge in [0.1, 0.15) is 11.6 Å². The van der Waals surface area contributed by atoms with E-state index in [1.54, 1.807) is 6.07 Å². The van der Waals surface area contributed by atoms with Gasteiger partial charge in [0.05, 0.1) is 16.5 Å². The highest BCUT2D eigenvalue weighted by atomic mass is 19.1. The Labute approximate surface area is 109 Å². The van der Waals surface area contributed by atoms with Gasteiger partial charge in [0.2, 0.25) is 0 Å². The van der Waals surface area contributed by atoms with Crippen LogP contribution in [0.5, 0.6) is 0 Å². The monoisotopic (exact) mass is 260 g/mol. The average Bonchev–Trinajstić information content (AvgIpc) is 2.48. The summed E-state index contributed by atoms with van der Waals surface area (Å²) in [5, 5.41) is 0.292. The van der Waals surface area contributed by atoms with Crippen molar-refractivity contribution >= 4 is 17.2 Å². The third-order valence-corrected chi connectivity index (χ3v) is 3.46. The predicted molar refractivity (Wildman–Crippen MR) is 67.7 cm³/mol. The molecule has 1 aliphatic rings. The molecule has 1 aliphatic heterocycles. The maximum Gasteiger partial charge on any atom is 0.153 e. The Kier molecular flexibility index (Phi) is 3.21. The van der Waals surface area contributed by atoms with Crippen molar-refractivity contribution in [3.05, 3.63) is 35.5 Å². The minimum atomic E-state index is -0.550. The molecule has 2 heterocycles. The van der Waals surface area contributed by atoms with Crippen LogP contribution in [0.2, 0.25) is 0 Å². The number of halogens is 1. The fraction of sp³-hybridized carbons (Fsp3) is 0.357. The molecule has 0 spiro atoms. The second kappa shape index (κ2) is 5.01. The molecule has 3 rings (SSSR count). The van der Waals surface area contributed by atoms with E-state index in [9.17, 15) is 9.18 Å². The fourth-order valence-electron chi connectivity index (χ4n) is 2.35. The van der Waals surface area contributed by atoms with Gasteiger partial charge in [-0.1, -0.05) is 0 Å². The molecule has 4 nitrogen and oxygen atoms in total. The summed E-state index contributed by atoms with van der Waals surface area (Å²) in [4.78, 5) is 19.3. The van der Waals surface area contributed by atoms with Crippen LogP contribution in [0.1, 0.15) is 34.9 Å². The van der Waals surface area contributed by atoms with Crippen LogP contribution in [0.15, 0.2) is 18.3 Å². The van der Waals surface area contributed by atoms with Crippen molar-refractivity contribution in [1.29, 1.82) is 0 Å². The Bertz CT molecular complexity index is 624. The van der Waals surface area contributed by atoms with Crippen LogP contribution in [0.4, 0.5) is 4.39 Å². The summed E-state index contributed by atoms with van der Waals surface area (Å²) in [5.74, 6) is 0.451. The SMILES string of the molecule is O=Cc1ccc2nc(C3CCOCC3)ncc2c1F. The lowest BCUT2D eigenvalue weighted by molar-refractivity contribution is 0.0836. The second-order valence-corrected chi connectivity index (χ2v) is 4.63. The molecule has 1 saturated heterocycles. The molecule has 0 bridgehead atoms. The number of nitrogens with zero attached hydrogens (tertiary/aromatic N) is 2. The Morgan fingerprint density at radius 2 is 2.11 bits per heavy atom. The molecular weight excluding hydrogens is 247 g/mol. The Morgan fingerprint density at radius 3 is 2.84 bits per heavy atom. The third-order valence-electron chi connectivity index (χ3n) is 3.46. The zero-order valence-electron chi connectivity index (χ0n) is 10.3. The summed E-state index contributed by atoms with van der Waals surface area (Å²) >= 11 is 0. The van der Waals surface area contributed by atoms with Crippen LogP contribution in [-0.2, 0) is 4.74 Å². The van der Waals surface area contributed by atoms with Crippen LogP contribution in [0.25, 0.3) is 10.9 Å². The number of ether oxygens (including phenoxy) is 1. The van der Waals surface area contributed by atoms with Crippen molar-refractivity contribution < 1.29 is 13.9 Å². The van der Waals surface area contributed by atoms with Gasteiger partial charge in [-0.3, -0.25) is 4.79 Å². The quantitative estimate of drug-likeness (QED) is 0.778. The fourth-order valence-corrected chi connectivity index (χ4v) is 2.35. The molecule has 19 heavy (non-hydrogen) atoms. The lowest BCUT2D eigenvalue weighted by atomic mass is 9.99. The number of benzene rings is 1. The summed E-state index contributed by atoms with van der Waals surface area (Å²) in [6.45, 7) is 1.43. The van der Waals surface area contributed by atoms with Crippen molar-refractivity contribution in [3.63, 3.8) is 0 Å². The zero-order chi connectivity index (χ0) is 13.2. The van der Waals surface area contributed by atoms with E-state index in [4.69, 9.17) is 4.74 Å². The van der Waals surface area contributed by atoms with Gasteiger partial charge in [-0.2, -0.15) is 0 Å². The number of aldehydes is 1. The molecule has 1 aromatic heterocycles.